The van der Waals surface area contributed by atoms with E-state index in [4.69, 9.17) is 0 Å². The zero-order valence-electron chi connectivity index (χ0n) is 10.1. The first kappa shape index (κ1) is 13.2. The first-order valence-corrected chi connectivity index (χ1v) is 7.28. The number of hydrogen-bond donors (Lipinski definition) is 0. The summed E-state index contributed by atoms with van der Waals surface area (Å²) < 4.78 is 23.9. The van der Waals surface area contributed by atoms with Crippen LogP contribution in [0.3, 0.4) is 0 Å². The molecule has 0 aromatic heterocycles. The van der Waals surface area contributed by atoms with Crippen LogP contribution in [0.1, 0.15) is 18.1 Å². The Bertz CT molecular complexity index is 440. The largest absolute Gasteiger partial charge is 0.213 e. The van der Waals surface area contributed by atoms with E-state index in [0.29, 0.717) is 6.54 Å². The molecule has 0 N–H and O–H groups in total. The Hall–Kier alpha value is -0.870. The Balaban J connectivity index is 2.68. The monoisotopic (exact) mass is 241 g/mol. The standard InChI is InChI=1S/C12H19NO2S/c1-4-11-7-5-6-8-12(11)9-10-13(2)16(3,14)15/h5-8H,4,9-10H2,1-3H3. The third-order valence-corrected chi connectivity index (χ3v) is 4.08. The first-order chi connectivity index (χ1) is 7.45. The van der Waals surface area contributed by atoms with Crippen LogP contribution in [0.25, 0.3) is 0 Å². The van der Waals surface area contributed by atoms with E-state index in [1.807, 2.05) is 12.1 Å². The van der Waals surface area contributed by atoms with Gasteiger partial charge < -0.3 is 0 Å². The molecule has 0 unspecified atom stereocenters. The molecule has 0 radical (unpaired) electrons. The highest BCUT2D eigenvalue weighted by atomic mass is 32.2. The summed E-state index contributed by atoms with van der Waals surface area (Å²) in [6.45, 7) is 2.65. The predicted octanol–water partition coefficient (Wildman–Crippen LogP) is 1.68. The van der Waals surface area contributed by atoms with Crippen LogP contribution in [0.5, 0.6) is 0 Å². The molecular formula is C12H19NO2S. The predicted molar refractivity (Wildman–Crippen MR) is 67.0 cm³/mol. The van der Waals surface area contributed by atoms with Gasteiger partial charge in [-0.25, -0.2) is 12.7 Å². The Labute approximate surface area is 98.1 Å². The number of nitrogens with zero attached hydrogens (tertiary/aromatic N) is 1. The first-order valence-electron chi connectivity index (χ1n) is 5.43. The molecule has 0 aliphatic carbocycles. The van der Waals surface area contributed by atoms with E-state index in [0.717, 1.165) is 12.8 Å². The van der Waals surface area contributed by atoms with Crippen LogP contribution >= 0.6 is 0 Å². The van der Waals surface area contributed by atoms with E-state index in [-0.39, 0.29) is 0 Å². The minimum Gasteiger partial charge on any atom is -0.213 e. The Morgan fingerprint density at radius 3 is 2.25 bits per heavy atom. The third kappa shape index (κ3) is 3.61. The molecule has 0 fully saturated rings. The third-order valence-electron chi connectivity index (χ3n) is 2.76. The smallest absolute Gasteiger partial charge is 0.210 e. The number of sulfonamides is 1. The van der Waals surface area contributed by atoms with Gasteiger partial charge in [-0.3, -0.25) is 0 Å². The highest BCUT2D eigenvalue weighted by molar-refractivity contribution is 7.88. The maximum Gasteiger partial charge on any atom is 0.210 e. The minimum absolute atomic E-state index is 0.538. The summed E-state index contributed by atoms with van der Waals surface area (Å²) in [5, 5.41) is 0. The van der Waals surface area contributed by atoms with Gasteiger partial charge in [-0.2, -0.15) is 0 Å². The van der Waals surface area contributed by atoms with Crippen molar-refractivity contribution in [1.29, 1.82) is 0 Å². The quantitative estimate of drug-likeness (QED) is 0.786. The summed E-state index contributed by atoms with van der Waals surface area (Å²) in [6, 6.07) is 8.17. The van der Waals surface area contributed by atoms with Gasteiger partial charge in [-0.05, 0) is 24.0 Å². The molecule has 0 saturated heterocycles. The molecule has 0 bridgehead atoms. The molecule has 0 amide bonds. The van der Waals surface area contributed by atoms with E-state index in [9.17, 15) is 8.42 Å². The second-order valence-corrected chi connectivity index (χ2v) is 6.05. The molecular weight excluding hydrogens is 222 g/mol. The van der Waals surface area contributed by atoms with E-state index in [1.54, 1.807) is 7.05 Å². The average Bonchev–Trinajstić information content (AvgIpc) is 2.24. The molecule has 1 aromatic rings. The fourth-order valence-corrected chi connectivity index (χ4v) is 2.01. The maximum absolute atomic E-state index is 11.2. The molecule has 0 spiro atoms. The second-order valence-electron chi connectivity index (χ2n) is 3.96. The Morgan fingerprint density at radius 2 is 1.75 bits per heavy atom. The summed E-state index contributed by atoms with van der Waals surface area (Å²) in [7, 11) is -1.44. The number of benzene rings is 1. The lowest BCUT2D eigenvalue weighted by molar-refractivity contribution is 0.477. The van der Waals surface area contributed by atoms with Crippen molar-refractivity contribution in [1.82, 2.24) is 4.31 Å². The molecule has 90 valence electrons. The van der Waals surface area contributed by atoms with Gasteiger partial charge in [0.1, 0.15) is 0 Å². The van der Waals surface area contributed by atoms with E-state index < -0.39 is 10.0 Å². The molecule has 0 atom stereocenters. The van der Waals surface area contributed by atoms with Crippen LogP contribution in [-0.2, 0) is 22.9 Å². The van der Waals surface area contributed by atoms with Crippen molar-refractivity contribution in [2.45, 2.75) is 19.8 Å². The summed E-state index contributed by atoms with van der Waals surface area (Å²) in [5.74, 6) is 0. The van der Waals surface area contributed by atoms with Crippen molar-refractivity contribution >= 4 is 10.0 Å². The molecule has 0 saturated carbocycles. The minimum atomic E-state index is -3.06. The SMILES string of the molecule is CCc1ccccc1CCN(C)S(C)(=O)=O. The highest BCUT2D eigenvalue weighted by Gasteiger charge is 2.10. The molecule has 3 nitrogen and oxygen atoms in total. The van der Waals surface area contributed by atoms with Gasteiger partial charge in [0.05, 0.1) is 6.26 Å². The molecule has 1 rings (SSSR count). The summed E-state index contributed by atoms with van der Waals surface area (Å²) in [5.41, 5.74) is 2.53. The lowest BCUT2D eigenvalue weighted by Crippen LogP contribution is -2.27. The maximum atomic E-state index is 11.2. The Morgan fingerprint density at radius 1 is 1.19 bits per heavy atom. The fourth-order valence-electron chi connectivity index (χ4n) is 1.59. The van der Waals surface area contributed by atoms with Gasteiger partial charge in [0.2, 0.25) is 10.0 Å². The highest BCUT2D eigenvalue weighted by Crippen LogP contribution is 2.11. The lowest BCUT2D eigenvalue weighted by Gasteiger charge is -2.15. The lowest BCUT2D eigenvalue weighted by atomic mass is 10.0. The number of rotatable bonds is 5. The van der Waals surface area contributed by atoms with Gasteiger partial charge in [-0.15, -0.1) is 0 Å². The average molecular weight is 241 g/mol. The van der Waals surface area contributed by atoms with Crippen LogP contribution in [0, 0.1) is 0 Å². The van der Waals surface area contributed by atoms with Gasteiger partial charge in [-0.1, -0.05) is 31.2 Å². The van der Waals surface area contributed by atoms with Crippen molar-refractivity contribution < 1.29 is 8.42 Å². The zero-order chi connectivity index (χ0) is 12.2. The van der Waals surface area contributed by atoms with Gasteiger partial charge in [0, 0.05) is 13.6 Å². The Kier molecular flexibility index (Phi) is 4.50. The van der Waals surface area contributed by atoms with E-state index >= 15 is 0 Å². The van der Waals surface area contributed by atoms with Crippen LogP contribution in [-0.4, -0.2) is 32.6 Å². The number of likely N-dealkylation sites (N-methyl/N-ethyl adjacent to an activating group) is 1. The van der Waals surface area contributed by atoms with Crippen LogP contribution in [0.15, 0.2) is 24.3 Å². The van der Waals surface area contributed by atoms with E-state index in [1.165, 1.54) is 21.7 Å². The summed E-state index contributed by atoms with van der Waals surface area (Å²) >= 11 is 0. The van der Waals surface area contributed by atoms with Crippen molar-refractivity contribution in [3.05, 3.63) is 35.4 Å². The topological polar surface area (TPSA) is 37.4 Å². The van der Waals surface area contributed by atoms with Gasteiger partial charge in [0.25, 0.3) is 0 Å². The second kappa shape index (κ2) is 5.46. The summed E-state index contributed by atoms with van der Waals surface area (Å²) in [6.07, 6.45) is 2.99. The summed E-state index contributed by atoms with van der Waals surface area (Å²) in [4.78, 5) is 0. The van der Waals surface area contributed by atoms with Crippen LogP contribution in [0.2, 0.25) is 0 Å². The van der Waals surface area contributed by atoms with Crippen LogP contribution < -0.4 is 0 Å². The molecule has 1 aromatic carbocycles. The van der Waals surface area contributed by atoms with E-state index in [2.05, 4.69) is 19.1 Å². The zero-order valence-corrected chi connectivity index (χ0v) is 10.9. The fraction of sp³-hybridized carbons (Fsp3) is 0.500. The molecule has 16 heavy (non-hydrogen) atoms. The van der Waals surface area contributed by atoms with Crippen molar-refractivity contribution in [3.63, 3.8) is 0 Å². The molecule has 0 aliphatic rings. The van der Waals surface area contributed by atoms with Crippen molar-refractivity contribution in [2.24, 2.45) is 0 Å². The van der Waals surface area contributed by atoms with Gasteiger partial charge >= 0.3 is 0 Å². The van der Waals surface area contributed by atoms with Crippen molar-refractivity contribution in [2.75, 3.05) is 19.8 Å². The molecule has 0 heterocycles. The molecule has 4 heteroatoms. The molecule has 0 aliphatic heterocycles. The van der Waals surface area contributed by atoms with Gasteiger partial charge in [0.15, 0.2) is 0 Å². The number of aryl methyl sites for hydroxylation is 1. The van der Waals surface area contributed by atoms with Crippen LogP contribution in [0.4, 0.5) is 0 Å². The van der Waals surface area contributed by atoms with Crippen molar-refractivity contribution in [3.8, 4) is 0 Å². The normalized spacial score (nSPS) is 12.0. The number of hydrogen-bond acceptors (Lipinski definition) is 2.